The number of rotatable bonds is 7. The maximum absolute atomic E-state index is 11.9. The van der Waals surface area contributed by atoms with Gasteiger partial charge in [-0.1, -0.05) is 24.3 Å². The third kappa shape index (κ3) is 3.83. The number of aliphatic carboxylic acids is 1. The van der Waals surface area contributed by atoms with E-state index in [-0.39, 0.29) is 0 Å². The van der Waals surface area contributed by atoms with E-state index in [9.17, 15) is 9.90 Å². The topological polar surface area (TPSA) is 67.6 Å². The number of carboxylic acids is 1. The molecule has 0 saturated heterocycles. The maximum Gasteiger partial charge on any atom is 0.325 e. The largest absolute Gasteiger partial charge is 0.480 e. The zero-order valence-electron chi connectivity index (χ0n) is 14.9. The summed E-state index contributed by atoms with van der Waals surface area (Å²) in [6.07, 6.45) is 0. The number of methoxy groups -OCH3 is 1. The van der Waals surface area contributed by atoms with Crippen molar-refractivity contribution in [1.29, 1.82) is 0 Å². The van der Waals surface area contributed by atoms with E-state index >= 15 is 0 Å². The molecule has 1 aromatic heterocycles. The van der Waals surface area contributed by atoms with Crippen molar-refractivity contribution in [2.24, 2.45) is 7.05 Å². The van der Waals surface area contributed by atoms with Gasteiger partial charge in [0.1, 0.15) is 6.04 Å². The molecule has 1 N–H and O–H groups in total. The van der Waals surface area contributed by atoms with Crippen LogP contribution in [0.3, 0.4) is 0 Å². The van der Waals surface area contributed by atoms with Gasteiger partial charge in [0, 0.05) is 32.0 Å². The molecule has 0 spiro atoms. The Labute approximate surface area is 142 Å². The van der Waals surface area contributed by atoms with Crippen molar-refractivity contribution < 1.29 is 14.6 Å². The molecule has 6 nitrogen and oxygen atoms in total. The van der Waals surface area contributed by atoms with Gasteiger partial charge in [0.2, 0.25) is 0 Å². The van der Waals surface area contributed by atoms with Crippen LogP contribution < -0.4 is 0 Å². The first-order valence-corrected chi connectivity index (χ1v) is 7.85. The quantitative estimate of drug-likeness (QED) is 0.844. The number of carbonyl (C=O) groups is 1. The highest BCUT2D eigenvalue weighted by atomic mass is 16.5. The molecule has 0 aliphatic heterocycles. The lowest BCUT2D eigenvalue weighted by Gasteiger charge is -2.25. The number of aryl methyl sites for hydroxylation is 2. The average molecular weight is 331 g/mol. The molecule has 130 valence electrons. The molecule has 0 saturated carbocycles. The van der Waals surface area contributed by atoms with Gasteiger partial charge < -0.3 is 9.84 Å². The molecule has 0 amide bonds. The van der Waals surface area contributed by atoms with Gasteiger partial charge in [-0.05, 0) is 32.0 Å². The molecule has 0 radical (unpaired) electrons. The van der Waals surface area contributed by atoms with Crippen LogP contribution in [0.4, 0.5) is 0 Å². The lowest BCUT2D eigenvalue weighted by molar-refractivity contribution is -0.143. The lowest BCUT2D eigenvalue weighted by atomic mass is 10.0. The first-order chi connectivity index (χ1) is 11.3. The lowest BCUT2D eigenvalue weighted by Crippen LogP contribution is -2.31. The minimum absolute atomic E-state index is 0.463. The monoisotopic (exact) mass is 331 g/mol. The highest BCUT2D eigenvalue weighted by molar-refractivity contribution is 5.75. The van der Waals surface area contributed by atoms with Crippen LogP contribution in [-0.4, -0.2) is 39.9 Å². The third-order valence-corrected chi connectivity index (χ3v) is 4.32. The Morgan fingerprint density at radius 2 is 2.12 bits per heavy atom. The van der Waals surface area contributed by atoms with Crippen LogP contribution in [0, 0.1) is 13.8 Å². The summed E-state index contributed by atoms with van der Waals surface area (Å²) in [5.74, 6) is -0.869. The Morgan fingerprint density at radius 3 is 2.67 bits per heavy atom. The van der Waals surface area contributed by atoms with E-state index in [1.807, 2.05) is 61.8 Å². The van der Waals surface area contributed by atoms with Crippen LogP contribution in [-0.2, 0) is 29.7 Å². The van der Waals surface area contributed by atoms with Crippen LogP contribution in [0.15, 0.2) is 24.3 Å². The van der Waals surface area contributed by atoms with Crippen LogP contribution in [0.2, 0.25) is 0 Å². The number of hydrogen-bond acceptors (Lipinski definition) is 4. The SMILES string of the molecule is COCc1cccc([C@@H](C(=O)O)N(C)Cc2c(C)nn(C)c2C)c1. The Balaban J connectivity index is 2.30. The number of carboxylic acid groups (broad SMARTS) is 1. The number of ether oxygens (including phenoxy) is 1. The van der Waals surface area contributed by atoms with Gasteiger partial charge in [-0.2, -0.15) is 5.10 Å². The van der Waals surface area contributed by atoms with Crippen molar-refractivity contribution in [2.45, 2.75) is 33.0 Å². The van der Waals surface area contributed by atoms with E-state index in [1.165, 1.54) is 0 Å². The molecule has 1 heterocycles. The number of aromatic nitrogens is 2. The van der Waals surface area contributed by atoms with E-state index in [0.717, 1.165) is 28.1 Å². The second-order valence-electron chi connectivity index (χ2n) is 6.11. The van der Waals surface area contributed by atoms with Gasteiger partial charge in [-0.3, -0.25) is 14.4 Å². The van der Waals surface area contributed by atoms with Gasteiger partial charge in [0.05, 0.1) is 12.3 Å². The Morgan fingerprint density at radius 1 is 1.42 bits per heavy atom. The standard InChI is InChI=1S/C18H25N3O3/c1-12-16(13(2)21(4)19-12)10-20(3)17(18(22)23)15-8-6-7-14(9-15)11-24-5/h6-9,17H,10-11H2,1-5H3,(H,22,23)/t17-/m0/s1. The summed E-state index contributed by atoms with van der Waals surface area (Å²) in [4.78, 5) is 13.7. The summed E-state index contributed by atoms with van der Waals surface area (Å²) >= 11 is 0. The van der Waals surface area contributed by atoms with Crippen molar-refractivity contribution >= 4 is 5.97 Å². The van der Waals surface area contributed by atoms with Crippen LogP contribution in [0.1, 0.15) is 34.1 Å². The van der Waals surface area contributed by atoms with Gasteiger partial charge in [0.25, 0.3) is 0 Å². The molecule has 2 rings (SSSR count). The predicted molar refractivity (Wildman–Crippen MR) is 91.7 cm³/mol. The zero-order chi connectivity index (χ0) is 17.9. The number of benzene rings is 1. The van der Waals surface area contributed by atoms with Gasteiger partial charge in [0.15, 0.2) is 0 Å². The summed E-state index contributed by atoms with van der Waals surface area (Å²) in [5, 5.41) is 14.2. The normalized spacial score (nSPS) is 12.6. The average Bonchev–Trinajstić information content (AvgIpc) is 2.74. The Bertz CT molecular complexity index is 724. The number of nitrogens with zero attached hydrogens (tertiary/aromatic N) is 3. The molecular formula is C18H25N3O3. The maximum atomic E-state index is 11.9. The van der Waals surface area contributed by atoms with E-state index in [1.54, 1.807) is 7.11 Å². The summed E-state index contributed by atoms with van der Waals surface area (Å²) < 4.78 is 6.97. The van der Waals surface area contributed by atoms with E-state index in [0.29, 0.717) is 13.2 Å². The summed E-state index contributed by atoms with van der Waals surface area (Å²) in [7, 11) is 5.35. The second-order valence-corrected chi connectivity index (χ2v) is 6.11. The summed E-state index contributed by atoms with van der Waals surface area (Å²) in [5.41, 5.74) is 4.76. The Kier molecular flexibility index (Phi) is 5.75. The van der Waals surface area contributed by atoms with E-state index in [4.69, 9.17) is 4.74 Å². The van der Waals surface area contributed by atoms with Crippen LogP contribution in [0.25, 0.3) is 0 Å². The first-order valence-electron chi connectivity index (χ1n) is 7.85. The zero-order valence-corrected chi connectivity index (χ0v) is 14.9. The molecule has 2 aromatic rings. The molecule has 1 atom stereocenters. The fourth-order valence-corrected chi connectivity index (χ4v) is 2.99. The number of likely N-dealkylation sites (N-methyl/N-ethyl adjacent to an activating group) is 1. The molecular weight excluding hydrogens is 306 g/mol. The Hall–Kier alpha value is -2.18. The van der Waals surface area contributed by atoms with Crippen LogP contribution in [0.5, 0.6) is 0 Å². The highest BCUT2D eigenvalue weighted by Gasteiger charge is 2.26. The molecule has 0 aliphatic carbocycles. The molecule has 6 heteroatoms. The second kappa shape index (κ2) is 7.59. The smallest absolute Gasteiger partial charge is 0.325 e. The van der Waals surface area contributed by atoms with Gasteiger partial charge in [-0.25, -0.2) is 0 Å². The number of hydrogen-bond donors (Lipinski definition) is 1. The fourth-order valence-electron chi connectivity index (χ4n) is 2.99. The minimum Gasteiger partial charge on any atom is -0.480 e. The fraction of sp³-hybridized carbons (Fsp3) is 0.444. The van der Waals surface area contributed by atoms with E-state index < -0.39 is 12.0 Å². The molecule has 0 fully saturated rings. The van der Waals surface area contributed by atoms with E-state index in [2.05, 4.69) is 5.10 Å². The molecule has 1 aromatic carbocycles. The minimum atomic E-state index is -0.869. The molecule has 0 bridgehead atoms. The summed E-state index contributed by atoms with van der Waals surface area (Å²) in [6.45, 7) is 4.94. The van der Waals surface area contributed by atoms with Crippen molar-refractivity contribution in [3.8, 4) is 0 Å². The highest BCUT2D eigenvalue weighted by Crippen LogP contribution is 2.25. The predicted octanol–water partition coefficient (Wildman–Crippen LogP) is 2.44. The van der Waals surface area contributed by atoms with Crippen molar-refractivity contribution in [1.82, 2.24) is 14.7 Å². The van der Waals surface area contributed by atoms with Gasteiger partial charge in [-0.15, -0.1) is 0 Å². The van der Waals surface area contributed by atoms with Crippen molar-refractivity contribution in [3.63, 3.8) is 0 Å². The van der Waals surface area contributed by atoms with Crippen molar-refractivity contribution in [3.05, 3.63) is 52.3 Å². The molecule has 24 heavy (non-hydrogen) atoms. The third-order valence-electron chi connectivity index (χ3n) is 4.32. The molecule has 0 aliphatic rings. The van der Waals surface area contributed by atoms with Gasteiger partial charge >= 0.3 is 5.97 Å². The summed E-state index contributed by atoms with van der Waals surface area (Å²) in [6, 6.07) is 6.81. The first kappa shape index (κ1) is 18.2. The van der Waals surface area contributed by atoms with Crippen molar-refractivity contribution in [2.75, 3.05) is 14.2 Å². The van der Waals surface area contributed by atoms with Crippen LogP contribution >= 0.6 is 0 Å². The molecule has 0 unspecified atom stereocenters.